The standard InChI is InChI=1S/C20H27N5O3S/c1-12(22-29(28)20(2,3)4)15-10-24-9-14(13-6-7-13)8-16(18(24)21-15)25-11-17(26)23(5)19(25)27/h8-10,12-13,22H,6-7,11H2,1-5H3/t12-,29-/m1/s1. The molecule has 0 aromatic carbocycles. The van der Waals surface area contributed by atoms with Crippen molar-refractivity contribution in [3.63, 3.8) is 0 Å². The average molecular weight is 418 g/mol. The van der Waals surface area contributed by atoms with Gasteiger partial charge in [0.15, 0.2) is 5.65 Å². The quantitative estimate of drug-likeness (QED) is 0.596. The number of anilines is 1. The van der Waals surface area contributed by atoms with Crippen LogP contribution >= 0.6 is 0 Å². The number of aromatic nitrogens is 2. The summed E-state index contributed by atoms with van der Waals surface area (Å²) in [5.74, 6) is 0.256. The first-order valence-corrected chi connectivity index (χ1v) is 11.0. The van der Waals surface area contributed by atoms with Crippen molar-refractivity contribution in [2.45, 2.75) is 57.2 Å². The van der Waals surface area contributed by atoms with E-state index in [1.54, 1.807) is 0 Å². The van der Waals surface area contributed by atoms with Crippen LogP contribution in [0.15, 0.2) is 18.5 Å². The van der Waals surface area contributed by atoms with Gasteiger partial charge in [0, 0.05) is 30.8 Å². The summed E-state index contributed by atoms with van der Waals surface area (Å²) in [5, 5.41) is 0. The lowest BCUT2D eigenvalue weighted by Crippen LogP contribution is -2.40. The van der Waals surface area contributed by atoms with E-state index in [-0.39, 0.29) is 29.3 Å². The van der Waals surface area contributed by atoms with Gasteiger partial charge in [0.05, 0.1) is 17.4 Å². The maximum Gasteiger partial charge on any atom is 0.331 e. The Kier molecular flexibility index (Phi) is 4.87. The van der Waals surface area contributed by atoms with Gasteiger partial charge >= 0.3 is 6.03 Å². The first-order valence-electron chi connectivity index (χ1n) is 9.85. The molecule has 0 bridgehead atoms. The third kappa shape index (κ3) is 3.74. The number of imidazole rings is 1. The van der Waals surface area contributed by atoms with Gasteiger partial charge in [-0.3, -0.25) is 14.6 Å². The molecule has 3 amide bonds. The summed E-state index contributed by atoms with van der Waals surface area (Å²) in [5.41, 5.74) is 3.15. The average Bonchev–Trinajstić information content (AvgIpc) is 3.36. The summed E-state index contributed by atoms with van der Waals surface area (Å²) in [6, 6.07) is 1.42. The lowest BCUT2D eigenvalue weighted by atomic mass is 10.1. The Morgan fingerprint density at radius 1 is 1.28 bits per heavy atom. The van der Waals surface area contributed by atoms with Crippen molar-refractivity contribution >= 4 is 34.6 Å². The largest absolute Gasteiger partial charge is 0.598 e. The molecule has 2 aromatic heterocycles. The van der Waals surface area contributed by atoms with Crippen LogP contribution in [0.4, 0.5) is 10.5 Å². The molecule has 0 spiro atoms. The number of hydrogen-bond acceptors (Lipinski definition) is 5. The number of carbonyl (C=O) groups is 2. The molecule has 1 aliphatic carbocycles. The second kappa shape index (κ2) is 7.00. The molecule has 9 heteroatoms. The second-order valence-electron chi connectivity index (χ2n) is 8.87. The lowest BCUT2D eigenvalue weighted by molar-refractivity contribution is -0.123. The highest BCUT2D eigenvalue weighted by Gasteiger charge is 2.37. The highest BCUT2D eigenvalue weighted by Crippen LogP contribution is 2.42. The first kappa shape index (κ1) is 20.2. The van der Waals surface area contributed by atoms with Gasteiger partial charge in [-0.1, -0.05) is 0 Å². The Hall–Kier alpha value is -2.10. The number of pyridine rings is 1. The zero-order valence-electron chi connectivity index (χ0n) is 17.4. The Labute approximate surface area is 173 Å². The zero-order valence-corrected chi connectivity index (χ0v) is 18.2. The topological polar surface area (TPSA) is 93.0 Å². The van der Waals surface area contributed by atoms with Gasteiger partial charge in [-0.2, -0.15) is 0 Å². The number of rotatable bonds is 5. The molecule has 8 nitrogen and oxygen atoms in total. The lowest BCUT2D eigenvalue weighted by Gasteiger charge is -2.25. The molecule has 1 aliphatic heterocycles. The monoisotopic (exact) mass is 417 g/mol. The minimum absolute atomic E-state index is 0.0170. The van der Waals surface area contributed by atoms with Crippen molar-refractivity contribution in [2.75, 3.05) is 18.5 Å². The maximum atomic E-state index is 12.6. The highest BCUT2D eigenvalue weighted by molar-refractivity contribution is 7.90. The van der Waals surface area contributed by atoms with E-state index in [4.69, 9.17) is 4.98 Å². The van der Waals surface area contributed by atoms with E-state index < -0.39 is 11.4 Å². The van der Waals surface area contributed by atoms with Gasteiger partial charge in [-0.05, 0) is 58.1 Å². The molecule has 0 unspecified atom stereocenters. The fourth-order valence-corrected chi connectivity index (χ4v) is 4.15. The van der Waals surface area contributed by atoms with E-state index in [1.807, 2.05) is 50.6 Å². The summed E-state index contributed by atoms with van der Waals surface area (Å²) in [6.07, 6.45) is 6.21. The molecule has 29 heavy (non-hydrogen) atoms. The van der Waals surface area contributed by atoms with Crippen LogP contribution in [-0.4, -0.2) is 49.1 Å². The number of urea groups is 1. The van der Waals surface area contributed by atoms with Crippen LogP contribution in [0.1, 0.15) is 63.8 Å². The number of hydrogen-bond donors (Lipinski definition) is 1. The van der Waals surface area contributed by atoms with Crippen LogP contribution in [0.25, 0.3) is 5.65 Å². The van der Waals surface area contributed by atoms with Crippen LogP contribution in [-0.2, 0) is 16.2 Å². The van der Waals surface area contributed by atoms with Gasteiger partial charge in [0.25, 0.3) is 0 Å². The van der Waals surface area contributed by atoms with Crippen LogP contribution in [0, 0.1) is 0 Å². The number of amides is 3. The van der Waals surface area contributed by atoms with Crippen LogP contribution in [0.2, 0.25) is 0 Å². The molecular formula is C20H27N5O3S. The van der Waals surface area contributed by atoms with E-state index in [1.165, 1.54) is 11.9 Å². The van der Waals surface area contributed by atoms with Crippen molar-refractivity contribution < 1.29 is 14.1 Å². The first-order chi connectivity index (χ1) is 13.6. The molecule has 1 saturated carbocycles. The van der Waals surface area contributed by atoms with Gasteiger partial charge in [-0.25, -0.2) is 9.78 Å². The number of nitrogens with zero attached hydrogens (tertiary/aromatic N) is 4. The molecule has 2 fully saturated rings. The number of carbonyl (C=O) groups excluding carboxylic acids is 2. The summed E-state index contributed by atoms with van der Waals surface area (Å²) >= 11 is -1.23. The van der Waals surface area contributed by atoms with Crippen molar-refractivity contribution in [2.24, 2.45) is 0 Å². The third-order valence-electron chi connectivity index (χ3n) is 5.38. The third-order valence-corrected chi connectivity index (χ3v) is 7.06. The molecule has 2 aliphatic rings. The molecule has 4 rings (SSSR count). The van der Waals surface area contributed by atoms with Gasteiger partial charge in [-0.15, -0.1) is 4.72 Å². The van der Waals surface area contributed by atoms with E-state index in [0.29, 0.717) is 17.3 Å². The fraction of sp³-hybridized carbons (Fsp3) is 0.550. The molecule has 3 heterocycles. The van der Waals surface area contributed by atoms with Crippen LogP contribution < -0.4 is 9.62 Å². The van der Waals surface area contributed by atoms with Crippen molar-refractivity contribution in [3.05, 3.63) is 29.7 Å². The minimum Gasteiger partial charge on any atom is -0.598 e. The Bertz CT molecular complexity index is 978. The van der Waals surface area contributed by atoms with E-state index in [0.717, 1.165) is 29.0 Å². The molecule has 1 saturated heterocycles. The van der Waals surface area contributed by atoms with E-state index >= 15 is 0 Å². The van der Waals surface area contributed by atoms with Crippen LogP contribution in [0.5, 0.6) is 0 Å². The van der Waals surface area contributed by atoms with Crippen molar-refractivity contribution in [1.29, 1.82) is 0 Å². The Morgan fingerprint density at radius 3 is 2.52 bits per heavy atom. The highest BCUT2D eigenvalue weighted by atomic mass is 32.2. The summed E-state index contributed by atoms with van der Waals surface area (Å²) in [7, 11) is 1.50. The molecular weight excluding hydrogens is 390 g/mol. The normalized spacial score (nSPS) is 20.1. The molecule has 2 aromatic rings. The van der Waals surface area contributed by atoms with Crippen molar-refractivity contribution in [1.82, 2.24) is 19.0 Å². The number of imide groups is 1. The SMILES string of the molecule is C[C@@H](N[S@+]([O-])C(C)(C)C)c1cn2cc(C3CC3)cc(N3CC(=O)N(C)C3=O)c2n1. The molecule has 0 radical (unpaired) electrons. The summed E-state index contributed by atoms with van der Waals surface area (Å²) in [4.78, 5) is 32.0. The van der Waals surface area contributed by atoms with Gasteiger partial charge in [0.1, 0.15) is 11.3 Å². The molecule has 2 atom stereocenters. The zero-order chi connectivity index (χ0) is 21.1. The van der Waals surface area contributed by atoms with E-state index in [2.05, 4.69) is 4.72 Å². The molecule has 156 valence electrons. The number of likely N-dealkylation sites (N-methyl/N-ethyl adjacent to an activating group) is 1. The fourth-order valence-electron chi connectivity index (χ4n) is 3.35. The second-order valence-corrected chi connectivity index (χ2v) is 10.9. The minimum atomic E-state index is -1.23. The van der Waals surface area contributed by atoms with Crippen molar-refractivity contribution in [3.8, 4) is 0 Å². The summed E-state index contributed by atoms with van der Waals surface area (Å²) in [6.45, 7) is 7.69. The predicted molar refractivity (Wildman–Crippen MR) is 112 cm³/mol. The van der Waals surface area contributed by atoms with Crippen LogP contribution in [0.3, 0.4) is 0 Å². The van der Waals surface area contributed by atoms with Gasteiger partial charge < -0.3 is 8.95 Å². The maximum absolute atomic E-state index is 12.6. The smallest absolute Gasteiger partial charge is 0.331 e. The van der Waals surface area contributed by atoms with Gasteiger partial charge in [0.2, 0.25) is 5.91 Å². The Balaban J connectivity index is 1.73. The number of nitrogens with one attached hydrogen (secondary N) is 1. The summed E-state index contributed by atoms with van der Waals surface area (Å²) < 4.78 is 17.1. The predicted octanol–water partition coefficient (Wildman–Crippen LogP) is 2.72. The Morgan fingerprint density at radius 2 is 1.97 bits per heavy atom. The number of fused-ring (bicyclic) bond motifs is 1. The van der Waals surface area contributed by atoms with E-state index in [9.17, 15) is 14.1 Å². The molecule has 1 N–H and O–H groups in total.